The molecule has 1 N–H and O–H groups in total. The number of hydrogen-bond donors (Lipinski definition) is 1. The lowest BCUT2D eigenvalue weighted by Gasteiger charge is -2.17. The molecule has 21 heavy (non-hydrogen) atoms. The summed E-state index contributed by atoms with van der Waals surface area (Å²) in [4.78, 5) is 12.9. The summed E-state index contributed by atoms with van der Waals surface area (Å²) in [5.74, 6) is -1.20. The minimum atomic E-state index is -0.746. The van der Waals surface area contributed by atoms with Gasteiger partial charge >= 0.3 is 5.97 Å². The van der Waals surface area contributed by atoms with E-state index in [1.165, 1.54) is 10.5 Å². The highest BCUT2D eigenvalue weighted by Gasteiger charge is 2.29. The van der Waals surface area contributed by atoms with Crippen LogP contribution in [0.25, 0.3) is 0 Å². The van der Waals surface area contributed by atoms with E-state index in [1.54, 1.807) is 11.8 Å². The molecule has 2 atom stereocenters. The number of carboxylic acids is 1. The van der Waals surface area contributed by atoms with Crippen LogP contribution in [0.5, 0.6) is 0 Å². The van der Waals surface area contributed by atoms with Gasteiger partial charge in [-0.25, -0.2) is 0 Å². The van der Waals surface area contributed by atoms with Crippen molar-refractivity contribution >= 4 is 33.7 Å². The van der Waals surface area contributed by atoms with Crippen molar-refractivity contribution in [3.05, 3.63) is 64.1 Å². The van der Waals surface area contributed by atoms with Gasteiger partial charge in [-0.2, -0.15) is 0 Å². The fourth-order valence-electron chi connectivity index (χ4n) is 2.75. The molecule has 4 heteroatoms. The smallest absolute Gasteiger partial charge is 0.311 e. The first-order chi connectivity index (χ1) is 10.1. The number of thioether (sulfide) groups is 1. The summed E-state index contributed by atoms with van der Waals surface area (Å²) < 4.78 is 0.925. The van der Waals surface area contributed by atoms with Crippen LogP contribution in [0.3, 0.4) is 0 Å². The molecule has 2 aromatic carbocycles. The molecule has 0 fully saturated rings. The Morgan fingerprint density at radius 3 is 2.81 bits per heavy atom. The quantitative estimate of drug-likeness (QED) is 0.854. The molecule has 0 amide bonds. The maximum atomic E-state index is 11.6. The molecule has 2 unspecified atom stereocenters. The SMILES string of the molecule is O=C(O)C(CC1Cc2ccccc2S1)c1cccc(Br)c1. The van der Waals surface area contributed by atoms with E-state index >= 15 is 0 Å². The Kier molecular flexibility index (Phi) is 4.36. The zero-order valence-electron chi connectivity index (χ0n) is 11.3. The lowest BCUT2D eigenvalue weighted by atomic mass is 9.92. The third kappa shape index (κ3) is 3.33. The highest BCUT2D eigenvalue weighted by Crippen LogP contribution is 2.41. The van der Waals surface area contributed by atoms with Crippen LogP contribution >= 0.6 is 27.7 Å². The number of fused-ring (bicyclic) bond motifs is 1. The molecule has 0 saturated carbocycles. The first kappa shape index (κ1) is 14.7. The maximum Gasteiger partial charge on any atom is 0.311 e. The van der Waals surface area contributed by atoms with Crippen LogP contribution in [0.1, 0.15) is 23.5 Å². The third-order valence-corrected chi connectivity index (χ3v) is 5.60. The molecule has 2 aromatic rings. The zero-order valence-corrected chi connectivity index (χ0v) is 13.7. The van der Waals surface area contributed by atoms with E-state index < -0.39 is 11.9 Å². The molecular weight excluding hydrogens is 348 g/mol. The molecule has 0 aliphatic carbocycles. The Morgan fingerprint density at radius 1 is 1.29 bits per heavy atom. The van der Waals surface area contributed by atoms with Gasteiger partial charge in [0.15, 0.2) is 0 Å². The van der Waals surface area contributed by atoms with Crippen molar-refractivity contribution in [1.29, 1.82) is 0 Å². The number of carbonyl (C=O) groups is 1. The van der Waals surface area contributed by atoms with E-state index in [2.05, 4.69) is 28.1 Å². The molecule has 2 nitrogen and oxygen atoms in total. The van der Waals surface area contributed by atoms with Crippen molar-refractivity contribution < 1.29 is 9.90 Å². The van der Waals surface area contributed by atoms with Gasteiger partial charge in [-0.05, 0) is 42.2 Å². The summed E-state index contributed by atoms with van der Waals surface area (Å²) in [6.07, 6.45) is 1.61. The summed E-state index contributed by atoms with van der Waals surface area (Å²) in [7, 11) is 0. The molecule has 0 saturated heterocycles. The molecule has 0 aromatic heterocycles. The predicted molar refractivity (Wildman–Crippen MR) is 88.9 cm³/mol. The highest BCUT2D eigenvalue weighted by atomic mass is 79.9. The number of benzene rings is 2. The monoisotopic (exact) mass is 362 g/mol. The molecule has 108 valence electrons. The van der Waals surface area contributed by atoms with Gasteiger partial charge in [-0.15, -0.1) is 11.8 Å². The predicted octanol–water partition coefficient (Wildman–Crippen LogP) is 4.72. The Balaban J connectivity index is 1.77. The second kappa shape index (κ2) is 6.24. The van der Waals surface area contributed by atoms with Gasteiger partial charge in [-0.3, -0.25) is 4.79 Å². The van der Waals surface area contributed by atoms with Gasteiger partial charge < -0.3 is 5.11 Å². The van der Waals surface area contributed by atoms with Crippen LogP contribution in [-0.4, -0.2) is 16.3 Å². The van der Waals surface area contributed by atoms with Crippen molar-refractivity contribution in [3.8, 4) is 0 Å². The van der Waals surface area contributed by atoms with Crippen LogP contribution in [-0.2, 0) is 11.2 Å². The largest absolute Gasteiger partial charge is 0.481 e. The lowest BCUT2D eigenvalue weighted by molar-refractivity contribution is -0.139. The van der Waals surface area contributed by atoms with E-state index in [9.17, 15) is 9.90 Å². The van der Waals surface area contributed by atoms with Crippen molar-refractivity contribution in [2.24, 2.45) is 0 Å². The van der Waals surface area contributed by atoms with Crippen molar-refractivity contribution in [2.45, 2.75) is 28.9 Å². The van der Waals surface area contributed by atoms with E-state index in [-0.39, 0.29) is 0 Å². The van der Waals surface area contributed by atoms with Crippen LogP contribution in [0.2, 0.25) is 0 Å². The van der Waals surface area contributed by atoms with Crippen LogP contribution in [0, 0.1) is 0 Å². The Morgan fingerprint density at radius 2 is 2.10 bits per heavy atom. The lowest BCUT2D eigenvalue weighted by Crippen LogP contribution is -2.17. The standard InChI is InChI=1S/C17H15BrO2S/c18-13-6-3-5-11(8-13)15(17(19)20)10-14-9-12-4-1-2-7-16(12)21-14/h1-8,14-15H,9-10H2,(H,19,20). The topological polar surface area (TPSA) is 37.3 Å². The minimum Gasteiger partial charge on any atom is -0.481 e. The average molecular weight is 363 g/mol. The van der Waals surface area contributed by atoms with E-state index in [1.807, 2.05) is 36.4 Å². The molecule has 3 rings (SSSR count). The summed E-state index contributed by atoms with van der Waals surface area (Å²) in [5, 5.41) is 9.91. The Hall–Kier alpha value is -1.26. The van der Waals surface area contributed by atoms with Crippen molar-refractivity contribution in [1.82, 2.24) is 0 Å². The second-order valence-corrected chi connectivity index (χ2v) is 7.49. The van der Waals surface area contributed by atoms with Gasteiger partial charge in [0.25, 0.3) is 0 Å². The number of hydrogen-bond acceptors (Lipinski definition) is 2. The fraction of sp³-hybridized carbons (Fsp3) is 0.235. The average Bonchev–Trinajstić information content (AvgIpc) is 2.87. The number of carboxylic acid groups (broad SMARTS) is 1. The third-order valence-electron chi connectivity index (χ3n) is 3.76. The number of aliphatic carboxylic acids is 1. The van der Waals surface area contributed by atoms with E-state index in [0.717, 1.165) is 16.5 Å². The first-order valence-corrected chi connectivity index (χ1v) is 8.53. The first-order valence-electron chi connectivity index (χ1n) is 6.86. The minimum absolute atomic E-state index is 0.336. The molecule has 0 radical (unpaired) electrons. The van der Waals surface area contributed by atoms with Crippen LogP contribution < -0.4 is 0 Å². The summed E-state index contributed by atoms with van der Waals surface area (Å²) in [5.41, 5.74) is 2.21. The highest BCUT2D eigenvalue weighted by molar-refractivity contribution is 9.10. The number of rotatable bonds is 4. The van der Waals surface area contributed by atoms with Gasteiger partial charge in [-0.1, -0.05) is 46.3 Å². The second-order valence-electron chi connectivity index (χ2n) is 5.23. The van der Waals surface area contributed by atoms with E-state index in [4.69, 9.17) is 0 Å². The van der Waals surface area contributed by atoms with Crippen LogP contribution in [0.4, 0.5) is 0 Å². The molecule has 1 aliphatic heterocycles. The maximum absolute atomic E-state index is 11.6. The molecular formula is C17H15BrO2S. The Bertz CT molecular complexity index is 646. The molecule has 1 heterocycles. The molecule has 0 bridgehead atoms. The Labute approximate surface area is 136 Å². The number of halogens is 1. The molecule has 0 spiro atoms. The summed E-state index contributed by atoms with van der Waals surface area (Å²) in [6.45, 7) is 0. The van der Waals surface area contributed by atoms with Crippen molar-refractivity contribution in [3.63, 3.8) is 0 Å². The van der Waals surface area contributed by atoms with Gasteiger partial charge in [0.1, 0.15) is 0 Å². The van der Waals surface area contributed by atoms with E-state index in [0.29, 0.717) is 11.7 Å². The normalized spacial score (nSPS) is 18.2. The summed E-state index contributed by atoms with van der Waals surface area (Å²) in [6, 6.07) is 16.0. The van der Waals surface area contributed by atoms with Gasteiger partial charge in [0, 0.05) is 14.6 Å². The van der Waals surface area contributed by atoms with Crippen molar-refractivity contribution in [2.75, 3.05) is 0 Å². The fourth-order valence-corrected chi connectivity index (χ4v) is 4.54. The van der Waals surface area contributed by atoms with Crippen LogP contribution in [0.15, 0.2) is 57.9 Å². The van der Waals surface area contributed by atoms with Gasteiger partial charge in [0.2, 0.25) is 0 Å². The summed E-state index contributed by atoms with van der Waals surface area (Å²) >= 11 is 5.22. The zero-order chi connectivity index (χ0) is 14.8. The molecule has 1 aliphatic rings. The van der Waals surface area contributed by atoms with Gasteiger partial charge in [0.05, 0.1) is 5.92 Å².